The number of piperazine rings is 1. The van der Waals surface area contributed by atoms with E-state index in [4.69, 9.17) is 0 Å². The summed E-state index contributed by atoms with van der Waals surface area (Å²) in [4.78, 5) is 8.22. The van der Waals surface area contributed by atoms with E-state index in [-0.39, 0.29) is 0 Å². The first-order valence-corrected chi connectivity index (χ1v) is 9.30. The molecule has 0 N–H and O–H groups in total. The molecule has 122 valence electrons. The molecule has 0 amide bonds. The zero-order valence-electron chi connectivity index (χ0n) is 14.4. The van der Waals surface area contributed by atoms with Gasteiger partial charge in [-0.05, 0) is 57.7 Å². The van der Waals surface area contributed by atoms with Gasteiger partial charge in [-0.3, -0.25) is 9.80 Å². The Morgan fingerprint density at radius 1 is 0.952 bits per heavy atom. The van der Waals surface area contributed by atoms with Crippen LogP contribution in [-0.2, 0) is 0 Å². The Morgan fingerprint density at radius 3 is 2.57 bits per heavy atom. The number of nitrogens with zero attached hydrogens (tertiary/aromatic N) is 3. The van der Waals surface area contributed by atoms with Gasteiger partial charge in [0.05, 0.1) is 0 Å². The fourth-order valence-electron chi connectivity index (χ4n) is 4.87. The van der Waals surface area contributed by atoms with Gasteiger partial charge < -0.3 is 4.90 Å². The highest BCUT2D eigenvalue weighted by Crippen LogP contribution is 2.28. The molecule has 3 saturated heterocycles. The van der Waals surface area contributed by atoms with E-state index in [0.717, 1.165) is 23.9 Å². The average Bonchev–Trinajstić information content (AvgIpc) is 2.46. The minimum absolute atomic E-state index is 0.784. The maximum atomic E-state index is 2.88. The third-order valence-corrected chi connectivity index (χ3v) is 6.07. The number of hydrogen-bond donors (Lipinski definition) is 0. The Labute approximate surface area is 131 Å². The second-order valence-electron chi connectivity index (χ2n) is 8.18. The molecule has 0 aromatic rings. The highest BCUT2D eigenvalue weighted by molar-refractivity contribution is 4.93. The van der Waals surface area contributed by atoms with E-state index in [9.17, 15) is 0 Å². The van der Waals surface area contributed by atoms with Crippen molar-refractivity contribution in [1.82, 2.24) is 14.7 Å². The van der Waals surface area contributed by atoms with Crippen LogP contribution in [0.25, 0.3) is 0 Å². The Kier molecular flexibility index (Phi) is 5.23. The van der Waals surface area contributed by atoms with Crippen molar-refractivity contribution in [1.29, 1.82) is 0 Å². The monoisotopic (exact) mass is 293 g/mol. The highest BCUT2D eigenvalue weighted by Gasteiger charge is 2.37. The quantitative estimate of drug-likeness (QED) is 0.792. The highest BCUT2D eigenvalue weighted by atomic mass is 15.3. The number of likely N-dealkylation sites (tertiary alicyclic amines) is 1. The second kappa shape index (κ2) is 6.97. The molecular weight excluding hydrogens is 258 g/mol. The molecule has 0 bridgehead atoms. The smallest absolute Gasteiger partial charge is 0.0247 e. The van der Waals surface area contributed by atoms with Crippen LogP contribution in [0.15, 0.2) is 0 Å². The van der Waals surface area contributed by atoms with Crippen LogP contribution in [0.3, 0.4) is 0 Å². The van der Waals surface area contributed by atoms with E-state index in [1.807, 2.05) is 0 Å². The van der Waals surface area contributed by atoms with Gasteiger partial charge in [-0.25, -0.2) is 0 Å². The molecule has 0 aliphatic carbocycles. The molecule has 3 heterocycles. The number of hydrogen-bond acceptors (Lipinski definition) is 3. The topological polar surface area (TPSA) is 9.72 Å². The molecular formula is C18H35N3. The molecule has 0 radical (unpaired) electrons. The van der Waals surface area contributed by atoms with Crippen molar-refractivity contribution in [3.05, 3.63) is 0 Å². The first kappa shape index (κ1) is 15.8. The van der Waals surface area contributed by atoms with Crippen LogP contribution in [0.1, 0.15) is 46.0 Å². The minimum atomic E-state index is 0.784. The van der Waals surface area contributed by atoms with Crippen LogP contribution in [0.5, 0.6) is 0 Å². The van der Waals surface area contributed by atoms with Crippen LogP contribution in [0, 0.1) is 11.8 Å². The molecule has 0 saturated carbocycles. The summed E-state index contributed by atoms with van der Waals surface area (Å²) in [5, 5.41) is 0. The van der Waals surface area contributed by atoms with Gasteiger partial charge >= 0.3 is 0 Å². The third kappa shape index (κ3) is 3.80. The fourth-order valence-corrected chi connectivity index (χ4v) is 4.87. The lowest BCUT2D eigenvalue weighted by Crippen LogP contribution is -2.62. The van der Waals surface area contributed by atoms with Gasteiger partial charge in [0.15, 0.2) is 0 Å². The van der Waals surface area contributed by atoms with Gasteiger partial charge in [-0.2, -0.15) is 0 Å². The second-order valence-corrected chi connectivity index (χ2v) is 8.18. The van der Waals surface area contributed by atoms with E-state index in [1.54, 1.807) is 0 Å². The van der Waals surface area contributed by atoms with E-state index >= 15 is 0 Å². The van der Waals surface area contributed by atoms with Crippen LogP contribution >= 0.6 is 0 Å². The maximum absolute atomic E-state index is 2.88. The van der Waals surface area contributed by atoms with E-state index < -0.39 is 0 Å². The van der Waals surface area contributed by atoms with E-state index in [2.05, 4.69) is 35.6 Å². The maximum Gasteiger partial charge on any atom is 0.0247 e. The lowest BCUT2D eigenvalue weighted by Gasteiger charge is -2.51. The van der Waals surface area contributed by atoms with Crippen molar-refractivity contribution >= 4 is 0 Å². The standard InChI is InChI=1S/C18H35N3/c1-15(2)18-14-20-10-5-4-8-17(20)13-21(18)12-16-7-6-9-19(3)11-16/h15-18H,4-14H2,1-3H3. The summed E-state index contributed by atoms with van der Waals surface area (Å²) in [6.07, 6.45) is 7.16. The molecule has 3 fully saturated rings. The SMILES string of the molecule is CC(C)C1CN2CCCCC2CN1CC1CCCN(C)C1. The zero-order valence-corrected chi connectivity index (χ0v) is 14.4. The largest absolute Gasteiger partial charge is 0.306 e. The van der Waals surface area contributed by atoms with Gasteiger partial charge in [0, 0.05) is 38.3 Å². The molecule has 3 aliphatic rings. The van der Waals surface area contributed by atoms with Crippen LogP contribution in [0.2, 0.25) is 0 Å². The number of fused-ring (bicyclic) bond motifs is 1. The molecule has 3 unspecified atom stereocenters. The van der Waals surface area contributed by atoms with Crippen molar-refractivity contribution in [2.45, 2.75) is 58.0 Å². The fraction of sp³-hybridized carbons (Fsp3) is 1.00. The summed E-state index contributed by atoms with van der Waals surface area (Å²) in [5.41, 5.74) is 0. The summed E-state index contributed by atoms with van der Waals surface area (Å²) >= 11 is 0. The molecule has 0 aromatic heterocycles. The minimum Gasteiger partial charge on any atom is -0.306 e. The lowest BCUT2D eigenvalue weighted by molar-refractivity contribution is -0.0194. The zero-order chi connectivity index (χ0) is 14.8. The summed E-state index contributed by atoms with van der Waals surface area (Å²) in [7, 11) is 2.30. The van der Waals surface area contributed by atoms with Crippen molar-refractivity contribution in [2.24, 2.45) is 11.8 Å². The van der Waals surface area contributed by atoms with Gasteiger partial charge in [0.2, 0.25) is 0 Å². The molecule has 0 aromatic carbocycles. The lowest BCUT2D eigenvalue weighted by atomic mass is 9.90. The van der Waals surface area contributed by atoms with Crippen LogP contribution in [-0.4, -0.2) is 73.1 Å². The van der Waals surface area contributed by atoms with Crippen LogP contribution in [0.4, 0.5) is 0 Å². The van der Waals surface area contributed by atoms with Crippen molar-refractivity contribution < 1.29 is 0 Å². The van der Waals surface area contributed by atoms with Crippen molar-refractivity contribution in [3.8, 4) is 0 Å². The van der Waals surface area contributed by atoms with Crippen molar-refractivity contribution in [2.75, 3.05) is 46.3 Å². The molecule has 3 aliphatic heterocycles. The van der Waals surface area contributed by atoms with Crippen LogP contribution < -0.4 is 0 Å². The predicted octanol–water partition coefficient (Wildman–Crippen LogP) is 2.52. The van der Waals surface area contributed by atoms with E-state index in [0.29, 0.717) is 0 Å². The third-order valence-electron chi connectivity index (χ3n) is 6.07. The Bertz CT molecular complexity index is 330. The van der Waals surface area contributed by atoms with Gasteiger partial charge in [-0.1, -0.05) is 20.3 Å². The summed E-state index contributed by atoms with van der Waals surface area (Å²) in [6.45, 7) is 12.8. The van der Waals surface area contributed by atoms with Gasteiger partial charge in [0.25, 0.3) is 0 Å². The first-order valence-electron chi connectivity index (χ1n) is 9.30. The molecule has 21 heavy (non-hydrogen) atoms. The molecule has 3 heteroatoms. The van der Waals surface area contributed by atoms with Gasteiger partial charge in [-0.15, -0.1) is 0 Å². The molecule has 3 nitrogen and oxygen atoms in total. The molecule has 0 spiro atoms. The molecule has 3 rings (SSSR count). The predicted molar refractivity (Wildman–Crippen MR) is 89.6 cm³/mol. The van der Waals surface area contributed by atoms with Crippen molar-refractivity contribution in [3.63, 3.8) is 0 Å². The number of rotatable bonds is 3. The Balaban J connectivity index is 1.63. The summed E-state index contributed by atoms with van der Waals surface area (Å²) in [6, 6.07) is 1.64. The molecule has 3 atom stereocenters. The Hall–Kier alpha value is -0.120. The first-order chi connectivity index (χ1) is 10.1. The summed E-state index contributed by atoms with van der Waals surface area (Å²) in [5.74, 6) is 1.69. The Morgan fingerprint density at radius 2 is 1.81 bits per heavy atom. The van der Waals surface area contributed by atoms with Gasteiger partial charge in [0.1, 0.15) is 0 Å². The summed E-state index contributed by atoms with van der Waals surface area (Å²) < 4.78 is 0. The number of piperidine rings is 2. The normalized spacial score (nSPS) is 36.9. The van der Waals surface area contributed by atoms with E-state index in [1.165, 1.54) is 71.4 Å². The average molecular weight is 293 g/mol.